The summed E-state index contributed by atoms with van der Waals surface area (Å²) in [7, 11) is -7.11. The van der Waals surface area contributed by atoms with Crippen LogP contribution in [0.1, 0.15) is 67.5 Å². The largest absolute Gasteiger partial charge is 0.432 e. The monoisotopic (exact) mass is 628 g/mol. The second kappa shape index (κ2) is 11.1. The number of nitrogens with zero attached hydrogens (tertiary/aromatic N) is 4. The fourth-order valence-corrected chi connectivity index (χ4v) is 7.69. The van der Waals surface area contributed by atoms with E-state index in [1.165, 1.54) is 6.33 Å². The number of rotatable bonds is 10. The molecule has 1 aliphatic rings. The van der Waals surface area contributed by atoms with Gasteiger partial charge in [0.2, 0.25) is 0 Å². The molecule has 40 heavy (non-hydrogen) atoms. The Hall–Kier alpha value is -0.669. The molecule has 2 aromatic heterocycles. The van der Waals surface area contributed by atoms with E-state index in [0.717, 1.165) is 12.8 Å². The van der Waals surface area contributed by atoms with E-state index in [2.05, 4.69) is 76.5 Å². The molecular formula is C28H53ClN4O4Si3. The Labute approximate surface area is 249 Å². The fourth-order valence-electron chi connectivity index (χ4n) is 5.03. The van der Waals surface area contributed by atoms with E-state index in [1.54, 1.807) is 6.33 Å². The van der Waals surface area contributed by atoms with Gasteiger partial charge in [0.15, 0.2) is 35.8 Å². The average molecular weight is 629 g/mol. The molecule has 4 atom stereocenters. The third-order valence-corrected chi connectivity index (χ3v) is 22.3. The van der Waals surface area contributed by atoms with Crippen LogP contribution in [-0.4, -0.2) is 66.8 Å². The first-order chi connectivity index (χ1) is 17.9. The molecule has 3 rings (SSSR count). The number of imidazole rings is 1. The van der Waals surface area contributed by atoms with Crippen LogP contribution in [0.15, 0.2) is 12.7 Å². The quantitative estimate of drug-likeness (QED) is 0.209. The van der Waals surface area contributed by atoms with Gasteiger partial charge in [-0.25, -0.2) is 15.0 Å². The summed E-state index contributed by atoms with van der Waals surface area (Å²) in [6.07, 6.45) is 4.20. The molecule has 0 aliphatic carbocycles. The van der Waals surface area contributed by atoms with E-state index in [9.17, 15) is 9.59 Å². The van der Waals surface area contributed by atoms with Gasteiger partial charge in [0, 0.05) is 5.92 Å². The Kier molecular flexibility index (Phi) is 9.40. The molecule has 0 saturated carbocycles. The minimum Gasteiger partial charge on any atom is -0.432 e. The highest BCUT2D eigenvalue weighted by atomic mass is 35.5. The van der Waals surface area contributed by atoms with Crippen LogP contribution in [0, 0.1) is 11.8 Å². The smallest absolute Gasteiger partial charge is 0.192 e. The summed E-state index contributed by atoms with van der Waals surface area (Å²) < 4.78 is 15.8. The second-order valence-electron chi connectivity index (χ2n) is 15.7. The first-order valence-corrected chi connectivity index (χ1v) is 23.6. The average Bonchev–Trinajstić information content (AvgIpc) is 3.32. The Bertz CT molecular complexity index is 1180. The Morgan fingerprint density at radius 3 is 1.90 bits per heavy atom. The van der Waals surface area contributed by atoms with Crippen molar-refractivity contribution in [1.82, 2.24) is 19.5 Å². The number of hydrogen-bond donors (Lipinski definition) is 2. The maximum atomic E-state index is 11.3. The van der Waals surface area contributed by atoms with Crippen LogP contribution < -0.4 is 0 Å². The molecule has 0 aromatic carbocycles. The molecular weight excluding hydrogens is 576 g/mol. The number of halogens is 1. The van der Waals surface area contributed by atoms with Crippen LogP contribution in [0.5, 0.6) is 0 Å². The predicted molar refractivity (Wildman–Crippen MR) is 171 cm³/mol. The maximum Gasteiger partial charge on any atom is 0.192 e. The van der Waals surface area contributed by atoms with Crippen molar-refractivity contribution in [3.63, 3.8) is 0 Å². The van der Waals surface area contributed by atoms with Crippen molar-refractivity contribution in [2.24, 2.45) is 11.8 Å². The molecule has 0 amide bonds. The minimum absolute atomic E-state index is 0.0312. The molecule has 8 nitrogen and oxygen atoms in total. The molecule has 0 bridgehead atoms. The maximum absolute atomic E-state index is 11.3. The molecule has 2 aromatic rings. The van der Waals surface area contributed by atoms with Crippen molar-refractivity contribution in [3.8, 4) is 0 Å². The van der Waals surface area contributed by atoms with Crippen molar-refractivity contribution in [3.05, 3.63) is 17.8 Å². The van der Waals surface area contributed by atoms with Crippen LogP contribution in [0.4, 0.5) is 0 Å². The summed E-state index contributed by atoms with van der Waals surface area (Å²) in [4.78, 5) is 35.9. The number of hydrogen-bond acceptors (Lipinski definition) is 7. The molecule has 3 heterocycles. The van der Waals surface area contributed by atoms with Crippen LogP contribution in [0.3, 0.4) is 0 Å². The lowest BCUT2D eigenvalue weighted by Gasteiger charge is -2.43. The topological polar surface area (TPSA) is 103 Å². The highest BCUT2D eigenvalue weighted by Crippen LogP contribution is 2.56. The summed E-state index contributed by atoms with van der Waals surface area (Å²) in [5, 5.41) is -0.165. The van der Waals surface area contributed by atoms with Crippen molar-refractivity contribution < 1.29 is 18.8 Å². The van der Waals surface area contributed by atoms with Crippen LogP contribution >= 0.6 is 11.6 Å². The van der Waals surface area contributed by atoms with Gasteiger partial charge in [-0.1, -0.05) is 60.1 Å². The van der Waals surface area contributed by atoms with Crippen LogP contribution in [0.25, 0.3) is 11.2 Å². The van der Waals surface area contributed by atoms with Gasteiger partial charge in [-0.15, -0.1) is 0 Å². The van der Waals surface area contributed by atoms with Gasteiger partial charge in [-0.05, 0) is 73.2 Å². The van der Waals surface area contributed by atoms with E-state index >= 15 is 0 Å². The highest BCUT2D eigenvalue weighted by Gasteiger charge is 2.54. The molecule has 0 radical (unpaired) electrons. The normalized spacial score (nSPS) is 23.8. The van der Waals surface area contributed by atoms with Gasteiger partial charge in [0.25, 0.3) is 0 Å². The molecule has 228 valence electrons. The van der Waals surface area contributed by atoms with Gasteiger partial charge in [-0.3, -0.25) is 4.57 Å². The van der Waals surface area contributed by atoms with Crippen molar-refractivity contribution in [2.45, 2.75) is 128 Å². The molecule has 1 saturated heterocycles. The standard InChI is InChI=1S/C28H53ClN4O4Si3/c1-26(2,3)40(12,13)36-16-21-19(14-27(4,5)38(8,9)34)20(15-28(6,7)39(10,11)35)25(37-21)33-18-32-22-23(29)30-17-31-24(22)33/h17-21,25,34-35H,14-16H2,1-13H3/t19-,20+,21?,25?/m0/s1. The van der Waals surface area contributed by atoms with E-state index in [4.69, 9.17) is 20.8 Å². The van der Waals surface area contributed by atoms with Crippen LogP contribution in [0.2, 0.25) is 59.5 Å². The summed E-state index contributed by atoms with van der Waals surface area (Å²) in [5.74, 6) is 0.123. The SMILES string of the molecule is CC(C)(C[C@@H]1C(CO[Si](C)(C)C(C)(C)C)OC(n2cnc3c(Cl)ncnc32)[C@@H]1CC(C)(C)[Si](C)(C)O)[Si](C)(C)O. The number of aromatic nitrogens is 4. The molecule has 12 heteroatoms. The van der Waals surface area contributed by atoms with E-state index in [0.29, 0.717) is 22.9 Å². The number of fused-ring (bicyclic) bond motifs is 1. The zero-order valence-electron chi connectivity index (χ0n) is 27.0. The summed E-state index contributed by atoms with van der Waals surface area (Å²) >= 11 is 6.38. The zero-order valence-corrected chi connectivity index (χ0v) is 30.7. The zero-order chi connectivity index (χ0) is 30.7. The molecule has 1 aliphatic heterocycles. The summed E-state index contributed by atoms with van der Waals surface area (Å²) in [6.45, 7) is 28.6. The van der Waals surface area contributed by atoms with E-state index in [1.807, 2.05) is 30.8 Å². The Balaban J connectivity index is 2.15. The fraction of sp³-hybridized carbons (Fsp3) is 0.821. The van der Waals surface area contributed by atoms with Crippen LogP contribution in [-0.2, 0) is 9.16 Å². The summed E-state index contributed by atoms with van der Waals surface area (Å²) in [5.41, 5.74) is 1.18. The number of ether oxygens (including phenoxy) is 1. The lowest BCUT2D eigenvalue weighted by Crippen LogP contribution is -2.46. The predicted octanol–water partition coefficient (Wildman–Crippen LogP) is 7.37. The third-order valence-electron chi connectivity index (χ3n) is 10.5. The van der Waals surface area contributed by atoms with Crippen molar-refractivity contribution in [1.29, 1.82) is 0 Å². The molecule has 2 unspecified atom stereocenters. The van der Waals surface area contributed by atoms with Gasteiger partial charge < -0.3 is 18.8 Å². The molecule has 1 fully saturated rings. The van der Waals surface area contributed by atoms with Crippen molar-refractivity contribution >= 4 is 47.7 Å². The first kappa shape index (κ1) is 33.8. The first-order valence-electron chi connectivity index (χ1n) is 14.5. The third kappa shape index (κ3) is 6.77. The molecule has 0 spiro atoms. The van der Waals surface area contributed by atoms with E-state index in [-0.39, 0.29) is 39.3 Å². The molecule has 2 N–H and O–H groups in total. The Morgan fingerprint density at radius 2 is 1.40 bits per heavy atom. The Morgan fingerprint density at radius 1 is 0.875 bits per heavy atom. The second-order valence-corrected chi connectivity index (χ2v) is 29.9. The van der Waals surface area contributed by atoms with Gasteiger partial charge >= 0.3 is 0 Å². The van der Waals surface area contributed by atoms with Gasteiger partial charge in [0.05, 0.1) is 19.0 Å². The van der Waals surface area contributed by atoms with Gasteiger partial charge in [0.1, 0.15) is 18.1 Å². The van der Waals surface area contributed by atoms with Gasteiger partial charge in [-0.2, -0.15) is 0 Å². The lowest BCUT2D eigenvalue weighted by atomic mass is 9.78. The highest BCUT2D eigenvalue weighted by molar-refractivity contribution is 6.74. The minimum atomic E-state index is -2.54. The van der Waals surface area contributed by atoms with E-state index < -0.39 is 25.0 Å². The van der Waals surface area contributed by atoms with Crippen molar-refractivity contribution in [2.75, 3.05) is 6.61 Å². The summed E-state index contributed by atoms with van der Waals surface area (Å²) in [6, 6.07) is 0. The lowest BCUT2D eigenvalue weighted by molar-refractivity contribution is -0.0353.